The van der Waals surface area contributed by atoms with Crippen LogP contribution in [0.4, 0.5) is 0 Å². The summed E-state index contributed by atoms with van der Waals surface area (Å²) in [5, 5.41) is 11.9. The molecule has 0 unspecified atom stereocenters. The van der Waals surface area contributed by atoms with E-state index < -0.39 is 0 Å². The monoisotopic (exact) mass is 305 g/mol. The Morgan fingerprint density at radius 2 is 2.37 bits per heavy atom. The highest BCUT2D eigenvalue weighted by Gasteiger charge is 2.13. The minimum absolute atomic E-state index is 0.000361. The second-order valence-electron chi connectivity index (χ2n) is 3.50. The van der Waals surface area contributed by atoms with Crippen LogP contribution >= 0.6 is 23.4 Å². The molecule has 0 aromatic carbocycles. The van der Waals surface area contributed by atoms with Gasteiger partial charge in [0.15, 0.2) is 10.9 Å². The lowest BCUT2D eigenvalue weighted by molar-refractivity contribution is 0.0865. The highest BCUT2D eigenvalue weighted by atomic mass is 35.5. The molecule has 6 nitrogen and oxygen atoms in total. The maximum absolute atomic E-state index is 11.8. The summed E-state index contributed by atoms with van der Waals surface area (Å²) in [5.74, 6) is -0.329. The van der Waals surface area contributed by atoms with Crippen molar-refractivity contribution in [2.75, 3.05) is 32.6 Å². The minimum atomic E-state index is -0.329. The highest BCUT2D eigenvalue weighted by Crippen LogP contribution is 2.16. The topological polar surface area (TPSA) is 84.3 Å². The molecule has 1 rings (SSSR count). The summed E-state index contributed by atoms with van der Waals surface area (Å²) in [4.78, 5) is 19.9. The molecule has 0 spiro atoms. The minimum Gasteiger partial charge on any atom is -0.394 e. The summed E-state index contributed by atoms with van der Waals surface area (Å²) in [6.07, 6.45) is 3.90. The second kappa shape index (κ2) is 9.08. The molecule has 106 valence electrons. The van der Waals surface area contributed by atoms with Gasteiger partial charge in [0.2, 0.25) is 0 Å². The number of hydrogen-bond acceptors (Lipinski definition) is 6. The zero-order valence-corrected chi connectivity index (χ0v) is 12.1. The second-order valence-corrected chi connectivity index (χ2v) is 4.68. The van der Waals surface area contributed by atoms with Crippen LogP contribution in [0.25, 0.3) is 0 Å². The third kappa shape index (κ3) is 5.73. The van der Waals surface area contributed by atoms with Crippen LogP contribution in [-0.4, -0.2) is 53.6 Å². The van der Waals surface area contributed by atoms with E-state index in [9.17, 15) is 4.79 Å². The number of carbonyl (C=O) groups is 1. The largest absolute Gasteiger partial charge is 0.394 e. The fourth-order valence-electron chi connectivity index (χ4n) is 1.24. The van der Waals surface area contributed by atoms with Crippen LogP contribution in [-0.2, 0) is 4.74 Å². The number of carbonyl (C=O) groups excluding carboxylic acids is 1. The molecule has 8 heteroatoms. The summed E-state index contributed by atoms with van der Waals surface area (Å²) in [7, 11) is 0. The van der Waals surface area contributed by atoms with E-state index in [1.165, 1.54) is 18.0 Å². The average Bonchev–Trinajstić information content (AvgIpc) is 2.43. The van der Waals surface area contributed by atoms with Crippen molar-refractivity contribution in [2.45, 2.75) is 11.6 Å². The van der Waals surface area contributed by atoms with Crippen molar-refractivity contribution in [1.29, 1.82) is 0 Å². The van der Waals surface area contributed by atoms with Crippen LogP contribution in [0, 0.1) is 0 Å². The van der Waals surface area contributed by atoms with Gasteiger partial charge in [-0.05, 0) is 12.7 Å². The number of thioether (sulfide) groups is 1. The summed E-state index contributed by atoms with van der Waals surface area (Å²) >= 11 is 7.22. The first-order chi connectivity index (χ1) is 9.19. The van der Waals surface area contributed by atoms with Crippen LogP contribution in [0.1, 0.15) is 16.9 Å². The van der Waals surface area contributed by atoms with Gasteiger partial charge in [-0.15, -0.1) is 0 Å². The van der Waals surface area contributed by atoms with Crippen molar-refractivity contribution in [3.8, 4) is 0 Å². The fourth-order valence-corrected chi connectivity index (χ4v) is 1.75. The van der Waals surface area contributed by atoms with Crippen molar-refractivity contribution < 1.29 is 14.6 Å². The SMILES string of the molecule is CSc1ncc(Cl)c(C(=O)NCCCOCCO)n1. The summed E-state index contributed by atoms with van der Waals surface area (Å²) in [6, 6.07) is 0. The molecular weight excluding hydrogens is 290 g/mol. The number of nitrogens with zero attached hydrogens (tertiary/aromatic N) is 2. The van der Waals surface area contributed by atoms with Crippen LogP contribution in [0.3, 0.4) is 0 Å². The van der Waals surface area contributed by atoms with Gasteiger partial charge in [0.25, 0.3) is 5.91 Å². The van der Waals surface area contributed by atoms with E-state index in [1.54, 1.807) is 0 Å². The predicted molar refractivity (Wildman–Crippen MR) is 73.7 cm³/mol. The van der Waals surface area contributed by atoms with Crippen LogP contribution in [0.2, 0.25) is 5.02 Å². The van der Waals surface area contributed by atoms with E-state index in [1.807, 2.05) is 6.26 Å². The van der Waals surface area contributed by atoms with Gasteiger partial charge in [-0.2, -0.15) is 0 Å². The Hall–Kier alpha value is -0.890. The Morgan fingerprint density at radius 3 is 3.05 bits per heavy atom. The number of amides is 1. The smallest absolute Gasteiger partial charge is 0.271 e. The van der Waals surface area contributed by atoms with E-state index in [0.717, 1.165) is 0 Å². The van der Waals surface area contributed by atoms with Crippen molar-refractivity contribution in [3.05, 3.63) is 16.9 Å². The van der Waals surface area contributed by atoms with Crippen LogP contribution < -0.4 is 5.32 Å². The lowest BCUT2D eigenvalue weighted by Crippen LogP contribution is -2.26. The Morgan fingerprint density at radius 1 is 1.58 bits per heavy atom. The van der Waals surface area contributed by atoms with Gasteiger partial charge in [0.1, 0.15) is 0 Å². The van der Waals surface area contributed by atoms with Crippen LogP contribution in [0.15, 0.2) is 11.4 Å². The number of rotatable bonds is 8. The third-order valence-electron chi connectivity index (χ3n) is 2.11. The molecule has 1 aromatic rings. The van der Waals surface area contributed by atoms with E-state index >= 15 is 0 Å². The molecular formula is C11H16ClN3O3S. The number of aromatic nitrogens is 2. The van der Waals surface area contributed by atoms with E-state index in [4.69, 9.17) is 21.4 Å². The lowest BCUT2D eigenvalue weighted by Gasteiger charge is -2.07. The first-order valence-electron chi connectivity index (χ1n) is 5.72. The normalized spacial score (nSPS) is 10.5. The number of aliphatic hydroxyl groups excluding tert-OH is 1. The van der Waals surface area contributed by atoms with E-state index in [-0.39, 0.29) is 23.2 Å². The molecule has 0 bridgehead atoms. The molecule has 1 aromatic heterocycles. The Kier molecular flexibility index (Phi) is 7.73. The first-order valence-corrected chi connectivity index (χ1v) is 7.32. The Balaban J connectivity index is 2.40. The van der Waals surface area contributed by atoms with Crippen LogP contribution in [0.5, 0.6) is 0 Å². The van der Waals surface area contributed by atoms with E-state index in [2.05, 4.69) is 15.3 Å². The fraction of sp³-hybridized carbons (Fsp3) is 0.545. The number of nitrogens with one attached hydrogen (secondary N) is 1. The molecule has 0 aliphatic heterocycles. The zero-order chi connectivity index (χ0) is 14.1. The van der Waals surface area contributed by atoms with Crippen molar-refractivity contribution in [3.63, 3.8) is 0 Å². The van der Waals surface area contributed by atoms with Gasteiger partial charge in [-0.25, -0.2) is 9.97 Å². The maximum Gasteiger partial charge on any atom is 0.271 e. The molecule has 2 N–H and O–H groups in total. The zero-order valence-electron chi connectivity index (χ0n) is 10.6. The van der Waals surface area contributed by atoms with E-state index in [0.29, 0.717) is 31.3 Å². The van der Waals surface area contributed by atoms with Gasteiger partial charge in [-0.1, -0.05) is 23.4 Å². The number of aliphatic hydroxyl groups is 1. The van der Waals surface area contributed by atoms with Gasteiger partial charge < -0.3 is 15.2 Å². The highest BCUT2D eigenvalue weighted by molar-refractivity contribution is 7.98. The molecule has 0 saturated carbocycles. The van der Waals surface area contributed by atoms with Gasteiger partial charge in [0.05, 0.1) is 24.4 Å². The van der Waals surface area contributed by atoms with Gasteiger partial charge in [0, 0.05) is 13.2 Å². The van der Waals surface area contributed by atoms with Gasteiger partial charge >= 0.3 is 0 Å². The van der Waals surface area contributed by atoms with Gasteiger partial charge in [-0.3, -0.25) is 4.79 Å². The average molecular weight is 306 g/mol. The molecule has 1 amide bonds. The van der Waals surface area contributed by atoms with Crippen molar-refractivity contribution in [1.82, 2.24) is 15.3 Å². The molecule has 0 atom stereocenters. The summed E-state index contributed by atoms with van der Waals surface area (Å²) < 4.78 is 5.07. The lowest BCUT2D eigenvalue weighted by atomic mass is 10.3. The molecule has 0 radical (unpaired) electrons. The summed E-state index contributed by atoms with van der Waals surface area (Å²) in [6.45, 7) is 1.25. The Bertz CT molecular complexity index is 420. The summed E-state index contributed by atoms with van der Waals surface area (Å²) in [5.41, 5.74) is 0.178. The number of ether oxygens (including phenoxy) is 1. The third-order valence-corrected chi connectivity index (χ3v) is 2.94. The molecule has 0 aliphatic rings. The standard InChI is InChI=1S/C11H16ClN3O3S/c1-19-11-14-7-8(12)9(15-11)10(17)13-3-2-5-18-6-4-16/h7,16H,2-6H2,1H3,(H,13,17). The number of halogens is 1. The molecule has 1 heterocycles. The van der Waals surface area contributed by atoms with Crippen molar-refractivity contribution >= 4 is 29.3 Å². The maximum atomic E-state index is 11.8. The predicted octanol–water partition coefficient (Wildman–Crippen LogP) is 0.981. The number of hydrogen-bond donors (Lipinski definition) is 2. The van der Waals surface area contributed by atoms with Crippen molar-refractivity contribution in [2.24, 2.45) is 0 Å². The quantitative estimate of drug-likeness (QED) is 0.423. The molecule has 19 heavy (non-hydrogen) atoms. The first kappa shape index (κ1) is 16.2. The molecule has 0 saturated heterocycles. The Labute approximate surface area is 120 Å². The molecule has 0 aliphatic carbocycles. The molecule has 0 fully saturated rings.